The van der Waals surface area contributed by atoms with Gasteiger partial charge in [0.1, 0.15) is 6.04 Å². The molecule has 5 heteroatoms. The largest absolute Gasteiger partial charge is 0.480 e. The topological polar surface area (TPSA) is 79.5 Å². The molecule has 0 aliphatic rings. The standard InChI is InChI=1S/C9H11NO4/c1-6(9(12)13)10-5-7(11)8-3-2-4-14-8/h2-4,6,10H,5H2,1H3,(H,12,13)/t6-/m0/s1. The number of Topliss-reactive ketones (excluding diaryl/α,β-unsaturated/α-hetero) is 1. The first-order valence-corrected chi connectivity index (χ1v) is 4.14. The molecule has 0 saturated carbocycles. The van der Waals surface area contributed by atoms with Crippen LogP contribution in [0.4, 0.5) is 0 Å². The maximum absolute atomic E-state index is 11.3. The second kappa shape index (κ2) is 4.57. The minimum absolute atomic E-state index is 0.0407. The van der Waals surface area contributed by atoms with Gasteiger partial charge in [-0.05, 0) is 19.1 Å². The molecule has 0 bridgehead atoms. The zero-order chi connectivity index (χ0) is 10.6. The van der Waals surface area contributed by atoms with Gasteiger partial charge in [-0.25, -0.2) is 0 Å². The monoisotopic (exact) mass is 197 g/mol. The van der Waals surface area contributed by atoms with Crippen LogP contribution in [0.5, 0.6) is 0 Å². The first kappa shape index (κ1) is 10.5. The van der Waals surface area contributed by atoms with Crippen molar-refractivity contribution in [1.29, 1.82) is 0 Å². The predicted molar refractivity (Wildman–Crippen MR) is 48.1 cm³/mol. The highest BCUT2D eigenvalue weighted by molar-refractivity contribution is 5.95. The number of hydrogen-bond acceptors (Lipinski definition) is 4. The second-order valence-electron chi connectivity index (χ2n) is 2.84. The molecule has 0 aliphatic heterocycles. The van der Waals surface area contributed by atoms with Crippen molar-refractivity contribution in [2.24, 2.45) is 0 Å². The van der Waals surface area contributed by atoms with Gasteiger partial charge in [0.25, 0.3) is 0 Å². The molecule has 2 N–H and O–H groups in total. The lowest BCUT2D eigenvalue weighted by atomic mass is 10.2. The Morgan fingerprint density at radius 3 is 2.86 bits per heavy atom. The van der Waals surface area contributed by atoms with E-state index in [1.54, 1.807) is 6.07 Å². The molecule has 1 atom stereocenters. The molecule has 1 heterocycles. The number of hydrogen-bond donors (Lipinski definition) is 2. The van der Waals surface area contributed by atoms with Crippen molar-refractivity contribution >= 4 is 11.8 Å². The van der Waals surface area contributed by atoms with Crippen LogP contribution < -0.4 is 5.32 Å². The number of furan rings is 1. The lowest BCUT2D eigenvalue weighted by Gasteiger charge is -2.06. The summed E-state index contributed by atoms with van der Waals surface area (Å²) in [6, 6.07) is 2.40. The van der Waals surface area contributed by atoms with Crippen LogP contribution in [0.15, 0.2) is 22.8 Å². The predicted octanol–water partition coefficient (Wildman–Crippen LogP) is 0.525. The molecule has 0 aromatic carbocycles. The molecule has 1 aromatic heterocycles. The maximum Gasteiger partial charge on any atom is 0.320 e. The van der Waals surface area contributed by atoms with Crippen molar-refractivity contribution in [3.63, 3.8) is 0 Å². The van der Waals surface area contributed by atoms with Crippen LogP contribution in [0.3, 0.4) is 0 Å². The highest BCUT2D eigenvalue weighted by Crippen LogP contribution is 2.00. The average Bonchev–Trinajstić information content (AvgIpc) is 2.66. The van der Waals surface area contributed by atoms with Gasteiger partial charge in [0.2, 0.25) is 5.78 Å². The highest BCUT2D eigenvalue weighted by Gasteiger charge is 2.13. The Labute approximate surface area is 80.7 Å². The molecular weight excluding hydrogens is 186 g/mol. The summed E-state index contributed by atoms with van der Waals surface area (Å²) in [6.45, 7) is 1.43. The SMILES string of the molecule is C[C@H](NCC(=O)c1ccco1)C(=O)O. The van der Waals surface area contributed by atoms with E-state index in [0.717, 1.165) is 0 Å². The first-order valence-electron chi connectivity index (χ1n) is 4.14. The number of carbonyl (C=O) groups is 2. The minimum Gasteiger partial charge on any atom is -0.480 e. The lowest BCUT2D eigenvalue weighted by molar-refractivity contribution is -0.138. The van der Waals surface area contributed by atoms with Gasteiger partial charge in [-0.3, -0.25) is 14.9 Å². The highest BCUT2D eigenvalue weighted by atomic mass is 16.4. The Kier molecular flexibility index (Phi) is 3.41. The number of rotatable bonds is 5. The Morgan fingerprint density at radius 2 is 2.36 bits per heavy atom. The summed E-state index contributed by atoms with van der Waals surface area (Å²) in [7, 11) is 0. The molecule has 0 spiro atoms. The number of carboxylic acids is 1. The van der Waals surface area contributed by atoms with Crippen molar-refractivity contribution in [2.45, 2.75) is 13.0 Å². The van der Waals surface area contributed by atoms with Crippen molar-refractivity contribution < 1.29 is 19.1 Å². The van der Waals surface area contributed by atoms with Crippen molar-refractivity contribution in [3.05, 3.63) is 24.2 Å². The number of carbonyl (C=O) groups excluding carboxylic acids is 1. The molecule has 14 heavy (non-hydrogen) atoms. The van der Waals surface area contributed by atoms with E-state index in [0.29, 0.717) is 0 Å². The molecule has 76 valence electrons. The van der Waals surface area contributed by atoms with Gasteiger partial charge in [0.15, 0.2) is 5.76 Å². The summed E-state index contributed by atoms with van der Waals surface area (Å²) in [4.78, 5) is 21.7. The van der Waals surface area contributed by atoms with Crippen LogP contribution in [-0.2, 0) is 4.79 Å². The van der Waals surface area contributed by atoms with E-state index in [1.807, 2.05) is 0 Å². The quantitative estimate of drug-likeness (QED) is 0.673. The van der Waals surface area contributed by atoms with E-state index in [4.69, 9.17) is 9.52 Å². The summed E-state index contributed by atoms with van der Waals surface area (Å²) in [5.41, 5.74) is 0. The van der Waals surface area contributed by atoms with Gasteiger partial charge < -0.3 is 9.52 Å². The van der Waals surface area contributed by atoms with Crippen molar-refractivity contribution in [1.82, 2.24) is 5.32 Å². The molecular formula is C9H11NO4. The fraction of sp³-hybridized carbons (Fsp3) is 0.333. The van der Waals surface area contributed by atoms with Crippen LogP contribution >= 0.6 is 0 Å². The second-order valence-corrected chi connectivity index (χ2v) is 2.84. The third-order valence-electron chi connectivity index (χ3n) is 1.74. The Balaban J connectivity index is 2.40. The Bertz CT molecular complexity index is 318. The van der Waals surface area contributed by atoms with Crippen LogP contribution in [0, 0.1) is 0 Å². The van der Waals surface area contributed by atoms with Gasteiger partial charge in [0.05, 0.1) is 12.8 Å². The van der Waals surface area contributed by atoms with E-state index in [2.05, 4.69) is 5.32 Å². The molecule has 0 saturated heterocycles. The lowest BCUT2D eigenvalue weighted by Crippen LogP contribution is -2.37. The van der Waals surface area contributed by atoms with E-state index < -0.39 is 12.0 Å². The van der Waals surface area contributed by atoms with Crippen LogP contribution in [0.2, 0.25) is 0 Å². The zero-order valence-corrected chi connectivity index (χ0v) is 7.69. The van der Waals surface area contributed by atoms with Crippen LogP contribution in [0.1, 0.15) is 17.5 Å². The molecule has 5 nitrogen and oxygen atoms in total. The summed E-state index contributed by atoms with van der Waals surface area (Å²) in [5.74, 6) is -1.02. The summed E-state index contributed by atoms with van der Waals surface area (Å²) >= 11 is 0. The van der Waals surface area contributed by atoms with Crippen molar-refractivity contribution in [3.8, 4) is 0 Å². The number of nitrogens with one attached hydrogen (secondary N) is 1. The summed E-state index contributed by atoms with van der Waals surface area (Å²) in [5, 5.41) is 11.1. The van der Waals surface area contributed by atoms with Crippen molar-refractivity contribution in [2.75, 3.05) is 6.54 Å². The Hall–Kier alpha value is -1.62. The smallest absolute Gasteiger partial charge is 0.320 e. The number of aliphatic carboxylic acids is 1. The van der Waals surface area contributed by atoms with Gasteiger partial charge in [0, 0.05) is 0 Å². The molecule has 0 unspecified atom stereocenters. The van der Waals surface area contributed by atoms with Gasteiger partial charge in [-0.1, -0.05) is 0 Å². The van der Waals surface area contributed by atoms with E-state index in [-0.39, 0.29) is 18.1 Å². The minimum atomic E-state index is -0.989. The van der Waals surface area contributed by atoms with E-state index in [9.17, 15) is 9.59 Å². The van der Waals surface area contributed by atoms with Crippen LogP contribution in [0.25, 0.3) is 0 Å². The third-order valence-corrected chi connectivity index (χ3v) is 1.74. The number of carboxylic acid groups (broad SMARTS) is 1. The molecule has 0 radical (unpaired) electrons. The third kappa shape index (κ3) is 2.70. The maximum atomic E-state index is 11.3. The molecule has 1 rings (SSSR count). The van der Waals surface area contributed by atoms with E-state index >= 15 is 0 Å². The average molecular weight is 197 g/mol. The molecule has 0 fully saturated rings. The van der Waals surface area contributed by atoms with Gasteiger partial charge in [-0.15, -0.1) is 0 Å². The fourth-order valence-electron chi connectivity index (χ4n) is 0.857. The first-order chi connectivity index (χ1) is 6.61. The van der Waals surface area contributed by atoms with Crippen LogP contribution in [-0.4, -0.2) is 29.4 Å². The number of ketones is 1. The molecule has 0 aliphatic carbocycles. The zero-order valence-electron chi connectivity index (χ0n) is 7.69. The Morgan fingerprint density at radius 1 is 1.64 bits per heavy atom. The molecule has 1 aromatic rings. The normalized spacial score (nSPS) is 12.4. The molecule has 0 amide bonds. The fourth-order valence-corrected chi connectivity index (χ4v) is 0.857. The summed E-state index contributed by atoms with van der Waals surface area (Å²) < 4.78 is 4.85. The van der Waals surface area contributed by atoms with Gasteiger partial charge in [-0.2, -0.15) is 0 Å². The van der Waals surface area contributed by atoms with E-state index in [1.165, 1.54) is 19.3 Å². The van der Waals surface area contributed by atoms with Gasteiger partial charge >= 0.3 is 5.97 Å². The summed E-state index contributed by atoms with van der Waals surface area (Å²) in [6.07, 6.45) is 1.40.